The minimum Gasteiger partial charge on any atom is -0.353 e. The molecule has 132 valence electrons. The fourth-order valence-corrected chi connectivity index (χ4v) is 3.30. The van der Waals surface area contributed by atoms with Crippen molar-refractivity contribution in [1.82, 2.24) is 15.2 Å². The molecule has 1 aliphatic heterocycles. The van der Waals surface area contributed by atoms with Crippen LogP contribution >= 0.6 is 0 Å². The van der Waals surface area contributed by atoms with Crippen LogP contribution in [0.3, 0.4) is 0 Å². The summed E-state index contributed by atoms with van der Waals surface area (Å²) in [6.07, 6.45) is 3.39. The van der Waals surface area contributed by atoms with Crippen LogP contribution in [0.15, 0.2) is 18.2 Å². The predicted molar refractivity (Wildman–Crippen MR) is 88.0 cm³/mol. The van der Waals surface area contributed by atoms with Crippen LogP contribution in [-0.4, -0.2) is 40.8 Å². The van der Waals surface area contributed by atoms with Gasteiger partial charge in [0.2, 0.25) is 5.91 Å². The van der Waals surface area contributed by atoms with Gasteiger partial charge in [-0.1, -0.05) is 0 Å². The molecule has 2 amide bonds. The van der Waals surface area contributed by atoms with Gasteiger partial charge in [-0.05, 0) is 37.8 Å². The van der Waals surface area contributed by atoms with E-state index in [1.807, 2.05) is 0 Å². The number of carbonyl (C=O) groups is 2. The molecule has 0 unspecified atom stereocenters. The van der Waals surface area contributed by atoms with Crippen LogP contribution < -0.4 is 5.32 Å². The largest absolute Gasteiger partial charge is 0.353 e. The smallest absolute Gasteiger partial charge is 0.270 e. The van der Waals surface area contributed by atoms with Gasteiger partial charge in [-0.25, -0.2) is 8.78 Å². The third-order valence-corrected chi connectivity index (χ3v) is 4.97. The predicted octanol–water partition coefficient (Wildman–Crippen LogP) is 2.58. The molecule has 0 bridgehead atoms. The number of hydrogen-bond donors (Lipinski definition) is 2. The van der Waals surface area contributed by atoms with E-state index < -0.39 is 11.6 Å². The lowest BCUT2D eigenvalue weighted by Crippen LogP contribution is -2.43. The van der Waals surface area contributed by atoms with Crippen molar-refractivity contribution >= 4 is 22.7 Å². The highest BCUT2D eigenvalue weighted by atomic mass is 19.2. The summed E-state index contributed by atoms with van der Waals surface area (Å²) in [6.45, 7) is 0.999. The summed E-state index contributed by atoms with van der Waals surface area (Å²) in [7, 11) is 0. The first-order valence-electron chi connectivity index (χ1n) is 8.58. The molecule has 2 aliphatic rings. The minimum absolute atomic E-state index is 0.0458. The number of amides is 2. The highest BCUT2D eigenvalue weighted by molar-refractivity contribution is 5.98. The monoisotopic (exact) mass is 347 g/mol. The molecule has 2 aromatic rings. The molecule has 1 aromatic carbocycles. The van der Waals surface area contributed by atoms with Crippen molar-refractivity contribution in [2.45, 2.75) is 31.7 Å². The van der Waals surface area contributed by atoms with Crippen LogP contribution in [0.4, 0.5) is 8.78 Å². The van der Waals surface area contributed by atoms with Gasteiger partial charge in [0.25, 0.3) is 5.91 Å². The molecule has 5 nitrogen and oxygen atoms in total. The number of aromatic amines is 1. The van der Waals surface area contributed by atoms with Crippen molar-refractivity contribution < 1.29 is 18.4 Å². The number of nitrogens with zero attached hydrogens (tertiary/aromatic N) is 1. The van der Waals surface area contributed by atoms with E-state index in [0.717, 1.165) is 25.0 Å². The quantitative estimate of drug-likeness (QED) is 0.896. The Morgan fingerprint density at radius 3 is 2.40 bits per heavy atom. The number of likely N-dealkylation sites (tertiary alicyclic amines) is 1. The Morgan fingerprint density at radius 2 is 1.72 bits per heavy atom. The lowest BCUT2D eigenvalue weighted by molar-refractivity contribution is -0.126. The zero-order valence-corrected chi connectivity index (χ0v) is 13.6. The minimum atomic E-state index is -0.948. The van der Waals surface area contributed by atoms with Crippen molar-refractivity contribution in [2.24, 2.45) is 5.92 Å². The first kappa shape index (κ1) is 16.1. The van der Waals surface area contributed by atoms with Crippen molar-refractivity contribution in [3.05, 3.63) is 35.5 Å². The molecule has 0 atom stereocenters. The second kappa shape index (κ2) is 6.13. The molecule has 2 heterocycles. The highest BCUT2D eigenvalue weighted by Crippen LogP contribution is 2.24. The van der Waals surface area contributed by atoms with Gasteiger partial charge in [-0.2, -0.15) is 0 Å². The molecule has 1 aliphatic carbocycles. The van der Waals surface area contributed by atoms with E-state index >= 15 is 0 Å². The second-order valence-corrected chi connectivity index (χ2v) is 6.89. The van der Waals surface area contributed by atoms with Crippen LogP contribution in [0.1, 0.15) is 36.2 Å². The third kappa shape index (κ3) is 3.23. The Morgan fingerprint density at radius 1 is 1.04 bits per heavy atom. The molecular weight excluding hydrogens is 328 g/mol. The number of H-pyrrole nitrogens is 1. The average Bonchev–Trinajstić information content (AvgIpc) is 3.33. The molecule has 4 rings (SSSR count). The highest BCUT2D eigenvalue weighted by Gasteiger charge is 2.31. The van der Waals surface area contributed by atoms with E-state index in [0.29, 0.717) is 48.6 Å². The second-order valence-electron chi connectivity index (χ2n) is 6.89. The Labute approximate surface area is 143 Å². The van der Waals surface area contributed by atoms with Gasteiger partial charge < -0.3 is 15.2 Å². The van der Waals surface area contributed by atoms with Crippen molar-refractivity contribution in [2.75, 3.05) is 13.1 Å². The van der Waals surface area contributed by atoms with Crippen molar-refractivity contribution in [3.8, 4) is 0 Å². The van der Waals surface area contributed by atoms with Gasteiger partial charge in [0.1, 0.15) is 5.69 Å². The molecule has 0 radical (unpaired) electrons. The van der Waals surface area contributed by atoms with Crippen molar-refractivity contribution in [1.29, 1.82) is 0 Å². The molecule has 0 spiro atoms. The zero-order chi connectivity index (χ0) is 17.6. The maximum Gasteiger partial charge on any atom is 0.270 e. The van der Waals surface area contributed by atoms with Gasteiger partial charge in [0.05, 0.1) is 0 Å². The summed E-state index contributed by atoms with van der Waals surface area (Å²) in [5.41, 5.74) is 0.696. The summed E-state index contributed by atoms with van der Waals surface area (Å²) in [4.78, 5) is 29.2. The maximum atomic E-state index is 13.3. The van der Waals surface area contributed by atoms with Crippen molar-refractivity contribution in [3.63, 3.8) is 0 Å². The van der Waals surface area contributed by atoms with E-state index in [1.165, 1.54) is 6.07 Å². The van der Waals surface area contributed by atoms with Gasteiger partial charge in [0, 0.05) is 42.0 Å². The van der Waals surface area contributed by atoms with E-state index in [2.05, 4.69) is 10.3 Å². The lowest BCUT2D eigenvalue weighted by atomic mass is 9.95. The Balaban J connectivity index is 1.42. The molecular formula is C18H19F2N3O2. The van der Waals surface area contributed by atoms with Gasteiger partial charge >= 0.3 is 0 Å². The number of halogens is 2. The number of aromatic nitrogens is 1. The van der Waals surface area contributed by atoms with Crippen LogP contribution in [0, 0.1) is 17.6 Å². The SMILES string of the molecule is O=C(NC1CC1)C1CCN(C(=O)c2cc3cc(F)c(F)cc3[nH]2)CC1. The number of fused-ring (bicyclic) bond motifs is 1. The fraction of sp³-hybridized carbons (Fsp3) is 0.444. The number of piperidine rings is 1. The molecule has 25 heavy (non-hydrogen) atoms. The average molecular weight is 347 g/mol. The topological polar surface area (TPSA) is 65.2 Å². The summed E-state index contributed by atoms with van der Waals surface area (Å²) < 4.78 is 26.6. The van der Waals surface area contributed by atoms with Gasteiger partial charge in [-0.3, -0.25) is 9.59 Å². The summed E-state index contributed by atoms with van der Waals surface area (Å²) in [6, 6.07) is 4.01. The normalized spacial score (nSPS) is 18.6. The van der Waals surface area contributed by atoms with E-state index in [4.69, 9.17) is 0 Å². The Kier molecular flexibility index (Phi) is 3.94. The number of rotatable bonds is 3. The summed E-state index contributed by atoms with van der Waals surface area (Å²) in [5.74, 6) is -2.05. The van der Waals surface area contributed by atoms with E-state index in [1.54, 1.807) is 4.90 Å². The number of benzene rings is 1. The maximum absolute atomic E-state index is 13.3. The Bertz CT molecular complexity index is 797. The molecule has 1 saturated heterocycles. The van der Waals surface area contributed by atoms with Crippen LogP contribution in [0.5, 0.6) is 0 Å². The third-order valence-electron chi connectivity index (χ3n) is 4.97. The first-order valence-corrected chi connectivity index (χ1v) is 8.58. The molecule has 1 aromatic heterocycles. The van der Waals surface area contributed by atoms with Crippen LogP contribution in [-0.2, 0) is 4.79 Å². The molecule has 2 N–H and O–H groups in total. The Hall–Kier alpha value is -2.44. The van der Waals surface area contributed by atoms with Crippen LogP contribution in [0.2, 0.25) is 0 Å². The molecule has 7 heteroatoms. The summed E-state index contributed by atoms with van der Waals surface area (Å²) in [5, 5.41) is 3.47. The van der Waals surface area contributed by atoms with E-state index in [9.17, 15) is 18.4 Å². The fourth-order valence-electron chi connectivity index (χ4n) is 3.30. The molecule has 1 saturated carbocycles. The first-order chi connectivity index (χ1) is 12.0. The number of hydrogen-bond acceptors (Lipinski definition) is 2. The van der Waals surface area contributed by atoms with E-state index in [-0.39, 0.29) is 17.7 Å². The number of nitrogens with one attached hydrogen (secondary N) is 2. The number of carbonyl (C=O) groups excluding carboxylic acids is 2. The van der Waals surface area contributed by atoms with Gasteiger partial charge in [0.15, 0.2) is 11.6 Å². The lowest BCUT2D eigenvalue weighted by Gasteiger charge is -2.31. The zero-order valence-electron chi connectivity index (χ0n) is 13.6. The molecule has 2 fully saturated rings. The standard InChI is InChI=1S/C18H19F2N3O2/c19-13-7-11-8-16(22-15(11)9-14(13)20)18(25)23-5-3-10(4-6-23)17(24)21-12-1-2-12/h7-10,12,22H,1-6H2,(H,21,24). The summed E-state index contributed by atoms with van der Waals surface area (Å²) >= 11 is 0. The van der Waals surface area contributed by atoms with Gasteiger partial charge in [-0.15, -0.1) is 0 Å². The van der Waals surface area contributed by atoms with Crippen LogP contribution in [0.25, 0.3) is 10.9 Å².